The van der Waals surface area contributed by atoms with E-state index < -0.39 is 0 Å². The SMILES string of the molecule is CCCCCC(C)(N)C(N)c1ccc(Cl)cc1. The van der Waals surface area contributed by atoms with Crippen LogP contribution >= 0.6 is 11.6 Å². The van der Waals surface area contributed by atoms with Crippen LogP contribution in [-0.4, -0.2) is 5.54 Å². The Bertz CT molecular complexity index is 333. The Morgan fingerprint density at radius 1 is 1.24 bits per heavy atom. The van der Waals surface area contributed by atoms with E-state index in [1.165, 1.54) is 12.8 Å². The normalized spacial score (nSPS) is 16.5. The second kappa shape index (κ2) is 6.39. The first-order valence-electron chi connectivity index (χ1n) is 6.27. The van der Waals surface area contributed by atoms with Crippen LogP contribution < -0.4 is 11.5 Å². The molecule has 0 aliphatic rings. The van der Waals surface area contributed by atoms with E-state index in [-0.39, 0.29) is 11.6 Å². The number of rotatable bonds is 6. The van der Waals surface area contributed by atoms with Crippen LogP contribution in [0.25, 0.3) is 0 Å². The van der Waals surface area contributed by atoms with Crippen LogP contribution in [0.4, 0.5) is 0 Å². The third-order valence-electron chi connectivity index (χ3n) is 3.26. The Hall–Kier alpha value is -0.570. The van der Waals surface area contributed by atoms with E-state index in [4.69, 9.17) is 23.1 Å². The highest BCUT2D eigenvalue weighted by atomic mass is 35.5. The standard InChI is InChI=1S/C14H23ClN2/c1-3-4-5-10-14(2,17)13(16)11-6-8-12(15)9-7-11/h6-9,13H,3-5,10,16-17H2,1-2H3. The van der Waals surface area contributed by atoms with Crippen molar-refractivity contribution in [2.24, 2.45) is 11.5 Å². The van der Waals surface area contributed by atoms with Crippen LogP contribution in [0.15, 0.2) is 24.3 Å². The van der Waals surface area contributed by atoms with E-state index in [9.17, 15) is 0 Å². The van der Waals surface area contributed by atoms with E-state index in [1.54, 1.807) is 0 Å². The summed E-state index contributed by atoms with van der Waals surface area (Å²) in [5.41, 5.74) is 13.2. The maximum Gasteiger partial charge on any atom is 0.0475 e. The zero-order valence-electron chi connectivity index (χ0n) is 10.7. The van der Waals surface area contributed by atoms with E-state index in [0.717, 1.165) is 23.4 Å². The van der Waals surface area contributed by atoms with Gasteiger partial charge in [-0.2, -0.15) is 0 Å². The lowest BCUT2D eigenvalue weighted by molar-refractivity contribution is 0.343. The lowest BCUT2D eigenvalue weighted by Crippen LogP contribution is -2.46. The summed E-state index contributed by atoms with van der Waals surface area (Å²) in [6.45, 7) is 4.22. The average Bonchev–Trinajstić information content (AvgIpc) is 2.29. The van der Waals surface area contributed by atoms with E-state index in [2.05, 4.69) is 6.92 Å². The molecule has 1 rings (SSSR count). The van der Waals surface area contributed by atoms with Gasteiger partial charge >= 0.3 is 0 Å². The largest absolute Gasteiger partial charge is 0.324 e. The van der Waals surface area contributed by atoms with Crippen molar-refractivity contribution in [3.63, 3.8) is 0 Å². The van der Waals surface area contributed by atoms with E-state index in [0.29, 0.717) is 0 Å². The molecule has 2 atom stereocenters. The Kier molecular flexibility index (Phi) is 5.44. The van der Waals surface area contributed by atoms with Crippen molar-refractivity contribution in [2.45, 2.75) is 51.1 Å². The number of unbranched alkanes of at least 4 members (excludes halogenated alkanes) is 2. The van der Waals surface area contributed by atoms with Crippen LogP contribution in [0.1, 0.15) is 51.1 Å². The second-order valence-electron chi connectivity index (χ2n) is 4.99. The summed E-state index contributed by atoms with van der Waals surface area (Å²) in [6, 6.07) is 7.49. The molecule has 0 radical (unpaired) electrons. The Labute approximate surface area is 109 Å². The molecule has 0 heterocycles. The van der Waals surface area contributed by atoms with E-state index in [1.807, 2.05) is 31.2 Å². The van der Waals surface area contributed by atoms with Gasteiger partial charge in [-0.25, -0.2) is 0 Å². The summed E-state index contributed by atoms with van der Waals surface area (Å²) < 4.78 is 0. The number of halogens is 1. The predicted molar refractivity (Wildman–Crippen MR) is 75.1 cm³/mol. The van der Waals surface area contributed by atoms with Gasteiger partial charge in [0.05, 0.1) is 0 Å². The zero-order chi connectivity index (χ0) is 12.9. The number of hydrogen-bond donors (Lipinski definition) is 2. The van der Waals surface area contributed by atoms with Crippen molar-refractivity contribution in [3.8, 4) is 0 Å². The van der Waals surface area contributed by atoms with Gasteiger partial charge in [-0.3, -0.25) is 0 Å². The third kappa shape index (κ3) is 4.30. The van der Waals surface area contributed by atoms with Gasteiger partial charge in [0, 0.05) is 16.6 Å². The highest BCUT2D eigenvalue weighted by molar-refractivity contribution is 6.30. The maximum absolute atomic E-state index is 6.31. The summed E-state index contributed by atoms with van der Waals surface area (Å²) in [5.74, 6) is 0. The monoisotopic (exact) mass is 254 g/mol. The minimum absolute atomic E-state index is 0.142. The van der Waals surface area contributed by atoms with Crippen molar-refractivity contribution in [2.75, 3.05) is 0 Å². The highest BCUT2D eigenvalue weighted by Crippen LogP contribution is 2.27. The predicted octanol–water partition coefficient (Wildman–Crippen LogP) is 3.64. The molecule has 17 heavy (non-hydrogen) atoms. The maximum atomic E-state index is 6.31. The van der Waals surface area contributed by atoms with Crippen LogP contribution in [0, 0.1) is 0 Å². The molecule has 0 saturated heterocycles. The summed E-state index contributed by atoms with van der Waals surface area (Å²) in [6.07, 6.45) is 4.49. The number of nitrogens with two attached hydrogens (primary N) is 2. The molecular formula is C14H23ClN2. The molecule has 2 unspecified atom stereocenters. The fourth-order valence-corrected chi connectivity index (χ4v) is 2.09. The molecule has 0 aliphatic carbocycles. The molecular weight excluding hydrogens is 232 g/mol. The second-order valence-corrected chi connectivity index (χ2v) is 5.43. The van der Waals surface area contributed by atoms with Gasteiger partial charge in [0.2, 0.25) is 0 Å². The minimum Gasteiger partial charge on any atom is -0.324 e. The molecule has 96 valence electrons. The molecule has 3 heteroatoms. The topological polar surface area (TPSA) is 52.0 Å². The number of hydrogen-bond acceptors (Lipinski definition) is 2. The minimum atomic E-state index is -0.358. The molecule has 0 fully saturated rings. The first-order chi connectivity index (χ1) is 7.97. The highest BCUT2D eigenvalue weighted by Gasteiger charge is 2.27. The molecule has 1 aromatic rings. The van der Waals surface area contributed by atoms with Crippen molar-refractivity contribution < 1.29 is 0 Å². The van der Waals surface area contributed by atoms with Crippen LogP contribution in [-0.2, 0) is 0 Å². The Morgan fingerprint density at radius 2 is 1.82 bits per heavy atom. The molecule has 0 amide bonds. The quantitative estimate of drug-likeness (QED) is 0.762. The van der Waals surface area contributed by atoms with Crippen molar-refractivity contribution in [3.05, 3.63) is 34.9 Å². The molecule has 1 aromatic carbocycles. The summed E-state index contributed by atoms with van der Waals surface area (Å²) in [7, 11) is 0. The average molecular weight is 255 g/mol. The van der Waals surface area contributed by atoms with Gasteiger partial charge in [0.1, 0.15) is 0 Å². The lowest BCUT2D eigenvalue weighted by atomic mass is 9.84. The fourth-order valence-electron chi connectivity index (χ4n) is 1.96. The first-order valence-corrected chi connectivity index (χ1v) is 6.65. The van der Waals surface area contributed by atoms with Gasteiger partial charge in [-0.05, 0) is 31.0 Å². The van der Waals surface area contributed by atoms with Gasteiger partial charge in [0.15, 0.2) is 0 Å². The van der Waals surface area contributed by atoms with Gasteiger partial charge < -0.3 is 11.5 Å². The van der Waals surface area contributed by atoms with Gasteiger partial charge in [-0.15, -0.1) is 0 Å². The molecule has 0 saturated carbocycles. The molecule has 2 nitrogen and oxygen atoms in total. The summed E-state index contributed by atoms with van der Waals surface area (Å²) >= 11 is 5.86. The number of benzene rings is 1. The van der Waals surface area contributed by atoms with Crippen molar-refractivity contribution in [1.29, 1.82) is 0 Å². The molecule has 0 bridgehead atoms. The van der Waals surface area contributed by atoms with Crippen LogP contribution in [0.2, 0.25) is 5.02 Å². The van der Waals surface area contributed by atoms with Crippen LogP contribution in [0.5, 0.6) is 0 Å². The summed E-state index contributed by atoms with van der Waals surface area (Å²) in [5, 5.41) is 0.727. The molecule has 4 N–H and O–H groups in total. The van der Waals surface area contributed by atoms with Gasteiger partial charge in [-0.1, -0.05) is 49.9 Å². The molecule has 0 aliphatic heterocycles. The van der Waals surface area contributed by atoms with Gasteiger partial charge in [0.25, 0.3) is 0 Å². The van der Waals surface area contributed by atoms with Crippen LogP contribution in [0.3, 0.4) is 0 Å². The third-order valence-corrected chi connectivity index (χ3v) is 3.51. The van der Waals surface area contributed by atoms with Crippen molar-refractivity contribution >= 4 is 11.6 Å². The van der Waals surface area contributed by atoms with E-state index >= 15 is 0 Å². The fraction of sp³-hybridized carbons (Fsp3) is 0.571. The lowest BCUT2D eigenvalue weighted by Gasteiger charge is -2.32. The Morgan fingerprint density at radius 3 is 2.35 bits per heavy atom. The molecule has 0 aromatic heterocycles. The molecule has 0 spiro atoms. The Balaban J connectivity index is 2.66. The summed E-state index contributed by atoms with van der Waals surface area (Å²) in [4.78, 5) is 0. The smallest absolute Gasteiger partial charge is 0.0475 e. The van der Waals surface area contributed by atoms with Crippen molar-refractivity contribution in [1.82, 2.24) is 0 Å². The zero-order valence-corrected chi connectivity index (χ0v) is 11.5. The first kappa shape index (κ1) is 14.5.